The zero-order valence-corrected chi connectivity index (χ0v) is 18.6. The number of rotatable bonds is 5. The zero-order chi connectivity index (χ0) is 22.1. The molecule has 2 aliphatic heterocycles. The maximum Gasteiger partial charge on any atom is 0.289 e. The number of thiophene rings is 1. The normalized spacial score (nSPS) is 19.4. The third kappa shape index (κ3) is 4.13. The van der Waals surface area contributed by atoms with Crippen molar-refractivity contribution in [2.75, 3.05) is 32.7 Å². The van der Waals surface area contributed by atoms with Crippen LogP contribution < -0.4 is 0 Å². The topological polar surface area (TPSA) is 82.5 Å². The highest BCUT2D eigenvalue weighted by molar-refractivity contribution is 7.10. The average Bonchev–Trinajstić information content (AvgIpc) is 3.60. The van der Waals surface area contributed by atoms with Crippen molar-refractivity contribution in [3.05, 3.63) is 70.2 Å². The van der Waals surface area contributed by atoms with Gasteiger partial charge in [-0.1, -0.05) is 6.07 Å². The highest BCUT2D eigenvalue weighted by Gasteiger charge is 2.35. The lowest BCUT2D eigenvalue weighted by atomic mass is 10.1. The minimum Gasteiger partial charge on any atom is -0.463 e. The van der Waals surface area contributed by atoms with Crippen molar-refractivity contribution >= 4 is 28.9 Å². The summed E-state index contributed by atoms with van der Waals surface area (Å²) in [7, 11) is 0. The van der Waals surface area contributed by atoms with Crippen LogP contribution in [0.4, 0.5) is 0 Å². The number of carbonyl (C=O) groups is 2. The van der Waals surface area contributed by atoms with E-state index in [2.05, 4.69) is 10.0 Å². The smallest absolute Gasteiger partial charge is 0.289 e. The highest BCUT2D eigenvalue weighted by atomic mass is 32.1. The molecule has 5 rings (SSSR count). The molecule has 9 heteroatoms. The number of nitrogens with zero attached hydrogens (tertiary/aromatic N) is 4. The molecule has 0 radical (unpaired) electrons. The van der Waals surface area contributed by atoms with E-state index in [0.29, 0.717) is 44.1 Å². The quantitative estimate of drug-likeness (QED) is 0.593. The van der Waals surface area contributed by atoms with E-state index in [-0.39, 0.29) is 24.4 Å². The minimum atomic E-state index is -0.118. The zero-order valence-electron chi connectivity index (χ0n) is 17.8. The van der Waals surface area contributed by atoms with Crippen molar-refractivity contribution in [2.45, 2.75) is 19.4 Å². The predicted octanol–water partition coefficient (Wildman–Crippen LogP) is 3.38. The Morgan fingerprint density at radius 2 is 1.97 bits per heavy atom. The van der Waals surface area contributed by atoms with E-state index in [1.54, 1.807) is 39.6 Å². The van der Waals surface area contributed by atoms with Crippen LogP contribution in [0.2, 0.25) is 0 Å². The van der Waals surface area contributed by atoms with E-state index in [9.17, 15) is 9.59 Å². The van der Waals surface area contributed by atoms with Crippen LogP contribution in [-0.4, -0.2) is 65.1 Å². The Kier molecular flexibility index (Phi) is 5.67. The summed E-state index contributed by atoms with van der Waals surface area (Å²) >= 11 is 1.63. The van der Waals surface area contributed by atoms with E-state index in [1.807, 2.05) is 36.6 Å². The van der Waals surface area contributed by atoms with Gasteiger partial charge in [-0.05, 0) is 42.6 Å². The molecule has 0 saturated carbocycles. The second kappa shape index (κ2) is 8.76. The van der Waals surface area contributed by atoms with Gasteiger partial charge >= 0.3 is 0 Å². The fourth-order valence-electron chi connectivity index (χ4n) is 4.11. The number of furan rings is 2. The standard InChI is InChI=1S/C23H24N4O4S/c1-16-6-7-20(31-16)23(29)26-10-8-25(9-11-26)15-22(28)27-18(21-5-3-13-32-21)14-17(24-27)19-4-2-12-30-19/h2-7,12-13,18H,8-11,14-15H2,1H3. The number of carbonyl (C=O) groups excluding carboxylic acids is 2. The van der Waals surface area contributed by atoms with E-state index < -0.39 is 0 Å². The lowest BCUT2D eigenvalue weighted by Crippen LogP contribution is -2.51. The number of amides is 2. The van der Waals surface area contributed by atoms with Gasteiger partial charge in [-0.3, -0.25) is 14.5 Å². The van der Waals surface area contributed by atoms with Crippen molar-refractivity contribution in [3.63, 3.8) is 0 Å². The third-order valence-electron chi connectivity index (χ3n) is 5.81. The van der Waals surface area contributed by atoms with Gasteiger partial charge in [0.15, 0.2) is 5.76 Å². The molecule has 1 unspecified atom stereocenters. The Morgan fingerprint density at radius 1 is 1.12 bits per heavy atom. The number of hydrazone groups is 1. The first-order valence-electron chi connectivity index (χ1n) is 10.6. The van der Waals surface area contributed by atoms with Crippen LogP contribution >= 0.6 is 11.3 Å². The van der Waals surface area contributed by atoms with E-state index in [0.717, 1.165) is 16.3 Å². The molecule has 8 nitrogen and oxygen atoms in total. The van der Waals surface area contributed by atoms with Gasteiger partial charge in [0.1, 0.15) is 17.2 Å². The molecule has 3 aromatic heterocycles. The second-order valence-electron chi connectivity index (χ2n) is 7.98. The van der Waals surface area contributed by atoms with Crippen molar-refractivity contribution in [2.24, 2.45) is 5.10 Å². The molecule has 0 aromatic carbocycles. The highest BCUT2D eigenvalue weighted by Crippen LogP contribution is 2.35. The van der Waals surface area contributed by atoms with Gasteiger partial charge < -0.3 is 13.7 Å². The maximum atomic E-state index is 13.2. The van der Waals surface area contributed by atoms with Gasteiger partial charge in [0.05, 0.1) is 18.8 Å². The number of piperazine rings is 1. The third-order valence-corrected chi connectivity index (χ3v) is 6.79. The number of hydrogen-bond donors (Lipinski definition) is 0. The molecular formula is C23H24N4O4S. The van der Waals surface area contributed by atoms with Gasteiger partial charge in [0.25, 0.3) is 11.8 Å². The predicted molar refractivity (Wildman–Crippen MR) is 120 cm³/mol. The summed E-state index contributed by atoms with van der Waals surface area (Å²) in [5.74, 6) is 1.63. The van der Waals surface area contributed by atoms with Crippen LogP contribution in [0.5, 0.6) is 0 Å². The maximum absolute atomic E-state index is 13.2. The molecule has 2 aliphatic rings. The van der Waals surface area contributed by atoms with Gasteiger partial charge in [-0.15, -0.1) is 11.3 Å². The lowest BCUT2D eigenvalue weighted by Gasteiger charge is -2.34. The van der Waals surface area contributed by atoms with Crippen molar-refractivity contribution in [3.8, 4) is 0 Å². The lowest BCUT2D eigenvalue weighted by molar-refractivity contribution is -0.134. The van der Waals surface area contributed by atoms with Gasteiger partial charge in [-0.2, -0.15) is 5.10 Å². The summed E-state index contributed by atoms with van der Waals surface area (Å²) in [5, 5.41) is 8.25. The van der Waals surface area contributed by atoms with E-state index in [1.165, 1.54) is 0 Å². The summed E-state index contributed by atoms with van der Waals surface area (Å²) in [6.07, 6.45) is 2.25. The Balaban J connectivity index is 1.23. The summed E-state index contributed by atoms with van der Waals surface area (Å²) in [5.41, 5.74) is 0.783. The Bertz CT molecular complexity index is 1110. The molecule has 0 N–H and O–H groups in total. The van der Waals surface area contributed by atoms with Crippen LogP contribution in [0.1, 0.15) is 39.4 Å². The fourth-order valence-corrected chi connectivity index (χ4v) is 4.92. The summed E-state index contributed by atoms with van der Waals surface area (Å²) in [6, 6.07) is 11.1. The first-order chi connectivity index (χ1) is 15.6. The molecule has 2 amide bonds. The molecule has 166 valence electrons. The molecule has 5 heterocycles. The fraction of sp³-hybridized carbons (Fsp3) is 0.348. The largest absolute Gasteiger partial charge is 0.463 e. The van der Waals surface area contributed by atoms with Crippen LogP contribution in [-0.2, 0) is 4.79 Å². The molecule has 1 saturated heterocycles. The average molecular weight is 453 g/mol. The van der Waals surface area contributed by atoms with Crippen LogP contribution in [0, 0.1) is 6.92 Å². The molecule has 1 fully saturated rings. The SMILES string of the molecule is Cc1ccc(C(=O)N2CCN(CC(=O)N3N=C(c4ccco4)CC3c3cccs3)CC2)o1. The van der Waals surface area contributed by atoms with Crippen molar-refractivity contribution in [1.29, 1.82) is 0 Å². The molecule has 1 atom stereocenters. The summed E-state index contributed by atoms with van der Waals surface area (Å²) < 4.78 is 11.0. The van der Waals surface area contributed by atoms with Crippen LogP contribution in [0.3, 0.4) is 0 Å². The molecule has 0 aliphatic carbocycles. The Hall–Kier alpha value is -3.17. The number of aryl methyl sites for hydroxylation is 1. The molecule has 3 aromatic rings. The summed E-state index contributed by atoms with van der Waals surface area (Å²) in [4.78, 5) is 30.8. The monoisotopic (exact) mass is 452 g/mol. The second-order valence-corrected chi connectivity index (χ2v) is 8.96. The van der Waals surface area contributed by atoms with Gasteiger partial charge in [0, 0.05) is 37.5 Å². The first-order valence-corrected chi connectivity index (χ1v) is 11.5. The summed E-state index contributed by atoms with van der Waals surface area (Å²) in [6.45, 7) is 4.45. The Labute approximate surface area is 189 Å². The first kappa shape index (κ1) is 20.7. The number of hydrogen-bond acceptors (Lipinski definition) is 7. The van der Waals surface area contributed by atoms with Gasteiger partial charge in [0.2, 0.25) is 0 Å². The Morgan fingerprint density at radius 3 is 2.62 bits per heavy atom. The van der Waals surface area contributed by atoms with Crippen LogP contribution in [0.25, 0.3) is 0 Å². The minimum absolute atomic E-state index is 0.0496. The van der Waals surface area contributed by atoms with Crippen molar-refractivity contribution in [1.82, 2.24) is 14.8 Å². The molecule has 0 spiro atoms. The molecule has 32 heavy (non-hydrogen) atoms. The van der Waals surface area contributed by atoms with Crippen LogP contribution in [0.15, 0.2) is 62.0 Å². The molecule has 0 bridgehead atoms. The van der Waals surface area contributed by atoms with E-state index >= 15 is 0 Å². The van der Waals surface area contributed by atoms with Gasteiger partial charge in [-0.25, -0.2) is 5.01 Å². The molecular weight excluding hydrogens is 428 g/mol. The van der Waals surface area contributed by atoms with E-state index in [4.69, 9.17) is 8.83 Å². The van der Waals surface area contributed by atoms with Crippen molar-refractivity contribution < 1.29 is 18.4 Å².